The molecule has 0 bridgehead atoms. The molecule has 43 heavy (non-hydrogen) atoms. The molecule has 0 saturated carbocycles. The predicted octanol–water partition coefficient (Wildman–Crippen LogP) is 11.9. The molecule has 0 heterocycles. The summed E-state index contributed by atoms with van der Waals surface area (Å²) in [5, 5.41) is 7.65. The highest BCUT2D eigenvalue weighted by atomic mass is 15.1. The highest BCUT2D eigenvalue weighted by molar-refractivity contribution is 6.17. The van der Waals surface area contributed by atoms with Crippen LogP contribution in [0.2, 0.25) is 0 Å². The maximum absolute atomic E-state index is 2.35. The summed E-state index contributed by atoms with van der Waals surface area (Å²) >= 11 is 0. The molecule has 0 fully saturated rings. The zero-order chi connectivity index (χ0) is 28.6. The number of hydrogen-bond donors (Lipinski definition) is 0. The highest BCUT2D eigenvalue weighted by Crippen LogP contribution is 2.39. The average molecular weight is 548 g/mol. The van der Waals surface area contributed by atoms with Crippen LogP contribution in [0.1, 0.15) is 0 Å². The van der Waals surface area contributed by atoms with E-state index in [9.17, 15) is 0 Å². The Bertz CT molecular complexity index is 2220. The van der Waals surface area contributed by atoms with Crippen molar-refractivity contribution in [2.75, 3.05) is 4.90 Å². The summed E-state index contributed by atoms with van der Waals surface area (Å²) in [7, 11) is 0. The lowest BCUT2D eigenvalue weighted by atomic mass is 9.96. The van der Waals surface area contributed by atoms with Crippen LogP contribution in [0.4, 0.5) is 17.1 Å². The molecule has 1 heteroatoms. The maximum atomic E-state index is 2.35. The Morgan fingerprint density at radius 2 is 0.767 bits per heavy atom. The Kier molecular flexibility index (Phi) is 6.20. The topological polar surface area (TPSA) is 3.24 Å². The lowest BCUT2D eigenvalue weighted by molar-refractivity contribution is 1.29. The van der Waals surface area contributed by atoms with Crippen LogP contribution in [0.15, 0.2) is 176 Å². The van der Waals surface area contributed by atoms with Crippen molar-refractivity contribution >= 4 is 49.4 Å². The molecule has 0 aliphatic carbocycles. The summed E-state index contributed by atoms with van der Waals surface area (Å²) in [6.07, 6.45) is 0. The van der Waals surface area contributed by atoms with Gasteiger partial charge in [-0.05, 0) is 91.0 Å². The largest absolute Gasteiger partial charge is 0.310 e. The van der Waals surface area contributed by atoms with Crippen molar-refractivity contribution in [1.82, 2.24) is 0 Å². The number of benzene rings is 8. The van der Waals surface area contributed by atoms with E-state index in [2.05, 4.69) is 181 Å². The van der Waals surface area contributed by atoms with Crippen LogP contribution in [0.25, 0.3) is 54.6 Å². The standard InChI is InChI=1S/C42H29N/c1-3-10-30(11-4-1)31-18-20-32(21-19-31)34-13-9-16-37(28-34)43(36-14-5-2-6-15-36)38-24-27-40-35(29-38)23-26-41-39-17-8-7-12-33(39)22-25-42(40)41/h1-29H. The van der Waals surface area contributed by atoms with Crippen molar-refractivity contribution in [3.05, 3.63) is 176 Å². The molecule has 0 radical (unpaired) electrons. The van der Waals surface area contributed by atoms with Gasteiger partial charge in [-0.1, -0.05) is 140 Å². The first-order valence-corrected chi connectivity index (χ1v) is 14.8. The Morgan fingerprint density at radius 1 is 0.256 bits per heavy atom. The number of rotatable bonds is 5. The number of nitrogens with zero attached hydrogens (tertiary/aromatic N) is 1. The van der Waals surface area contributed by atoms with E-state index in [4.69, 9.17) is 0 Å². The van der Waals surface area contributed by atoms with Gasteiger partial charge in [-0.25, -0.2) is 0 Å². The minimum atomic E-state index is 1.13. The molecule has 8 aromatic carbocycles. The molecule has 0 unspecified atom stereocenters. The van der Waals surface area contributed by atoms with E-state index in [1.165, 1.54) is 54.6 Å². The fourth-order valence-electron chi connectivity index (χ4n) is 6.29. The van der Waals surface area contributed by atoms with Crippen LogP contribution >= 0.6 is 0 Å². The third-order valence-corrected chi connectivity index (χ3v) is 8.43. The molecule has 0 atom stereocenters. The second-order valence-electron chi connectivity index (χ2n) is 11.0. The van der Waals surface area contributed by atoms with Crippen LogP contribution < -0.4 is 4.90 Å². The Labute approximate surface area is 251 Å². The fourth-order valence-corrected chi connectivity index (χ4v) is 6.29. The smallest absolute Gasteiger partial charge is 0.0468 e. The molecule has 0 aliphatic rings. The maximum Gasteiger partial charge on any atom is 0.0468 e. The van der Waals surface area contributed by atoms with Gasteiger partial charge >= 0.3 is 0 Å². The number of fused-ring (bicyclic) bond motifs is 5. The lowest BCUT2D eigenvalue weighted by Gasteiger charge is -2.26. The van der Waals surface area contributed by atoms with E-state index in [0.717, 1.165) is 17.1 Å². The summed E-state index contributed by atoms with van der Waals surface area (Å²) in [5.74, 6) is 0. The zero-order valence-corrected chi connectivity index (χ0v) is 23.7. The van der Waals surface area contributed by atoms with Gasteiger partial charge in [0.25, 0.3) is 0 Å². The van der Waals surface area contributed by atoms with E-state index in [1.54, 1.807) is 0 Å². The van der Waals surface area contributed by atoms with Gasteiger partial charge in [0.15, 0.2) is 0 Å². The highest BCUT2D eigenvalue weighted by Gasteiger charge is 2.15. The van der Waals surface area contributed by atoms with Gasteiger partial charge in [-0.15, -0.1) is 0 Å². The summed E-state index contributed by atoms with van der Waals surface area (Å²) < 4.78 is 0. The van der Waals surface area contributed by atoms with Gasteiger partial charge in [-0.3, -0.25) is 0 Å². The zero-order valence-electron chi connectivity index (χ0n) is 23.7. The summed E-state index contributed by atoms with van der Waals surface area (Å²) in [6.45, 7) is 0. The Hall–Kier alpha value is -5.66. The van der Waals surface area contributed by atoms with E-state index >= 15 is 0 Å². The number of hydrogen-bond acceptors (Lipinski definition) is 1. The van der Waals surface area contributed by atoms with Crippen molar-refractivity contribution in [2.45, 2.75) is 0 Å². The molecule has 202 valence electrons. The van der Waals surface area contributed by atoms with Crippen molar-refractivity contribution in [3.8, 4) is 22.3 Å². The summed E-state index contributed by atoms with van der Waals surface area (Å²) in [4.78, 5) is 2.35. The van der Waals surface area contributed by atoms with Crippen molar-refractivity contribution in [1.29, 1.82) is 0 Å². The van der Waals surface area contributed by atoms with Gasteiger partial charge in [0.05, 0.1) is 0 Å². The molecule has 0 aromatic heterocycles. The van der Waals surface area contributed by atoms with E-state index in [1.807, 2.05) is 0 Å². The molecular formula is C42H29N. The first kappa shape index (κ1) is 25.1. The quantitative estimate of drug-likeness (QED) is 0.194. The minimum Gasteiger partial charge on any atom is -0.310 e. The summed E-state index contributed by atoms with van der Waals surface area (Å²) in [5.41, 5.74) is 8.24. The van der Waals surface area contributed by atoms with Gasteiger partial charge in [0.2, 0.25) is 0 Å². The molecule has 0 amide bonds. The third kappa shape index (κ3) is 4.62. The van der Waals surface area contributed by atoms with Crippen molar-refractivity contribution in [3.63, 3.8) is 0 Å². The molecule has 8 aromatic rings. The monoisotopic (exact) mass is 547 g/mol. The average Bonchev–Trinajstić information content (AvgIpc) is 3.09. The molecule has 0 spiro atoms. The first-order chi connectivity index (χ1) is 21.3. The van der Waals surface area contributed by atoms with Gasteiger partial charge < -0.3 is 4.90 Å². The molecule has 0 N–H and O–H groups in total. The van der Waals surface area contributed by atoms with Crippen LogP contribution in [0, 0.1) is 0 Å². The molecule has 0 aliphatic heterocycles. The predicted molar refractivity (Wildman–Crippen MR) is 185 cm³/mol. The van der Waals surface area contributed by atoms with Crippen LogP contribution in [0.3, 0.4) is 0 Å². The minimum absolute atomic E-state index is 1.13. The lowest BCUT2D eigenvalue weighted by Crippen LogP contribution is -2.09. The van der Waals surface area contributed by atoms with Crippen molar-refractivity contribution in [2.24, 2.45) is 0 Å². The molecule has 1 nitrogen and oxygen atoms in total. The van der Waals surface area contributed by atoms with Gasteiger partial charge in [0, 0.05) is 17.1 Å². The Balaban J connectivity index is 1.22. The second-order valence-corrected chi connectivity index (χ2v) is 11.0. The number of para-hydroxylation sites is 1. The van der Waals surface area contributed by atoms with E-state index < -0.39 is 0 Å². The first-order valence-electron chi connectivity index (χ1n) is 14.8. The van der Waals surface area contributed by atoms with Gasteiger partial charge in [0.1, 0.15) is 0 Å². The van der Waals surface area contributed by atoms with Crippen LogP contribution in [0.5, 0.6) is 0 Å². The SMILES string of the molecule is c1ccc(-c2ccc(-c3cccc(N(c4ccccc4)c4ccc5c(ccc6c7ccccc7ccc56)c4)c3)cc2)cc1. The normalized spacial score (nSPS) is 11.3. The molecule has 0 saturated heterocycles. The second kappa shape index (κ2) is 10.6. The van der Waals surface area contributed by atoms with E-state index in [0.29, 0.717) is 0 Å². The number of anilines is 3. The van der Waals surface area contributed by atoms with Crippen LogP contribution in [-0.2, 0) is 0 Å². The van der Waals surface area contributed by atoms with Crippen LogP contribution in [-0.4, -0.2) is 0 Å². The molecular weight excluding hydrogens is 518 g/mol. The van der Waals surface area contributed by atoms with Gasteiger partial charge in [-0.2, -0.15) is 0 Å². The van der Waals surface area contributed by atoms with E-state index in [-0.39, 0.29) is 0 Å². The summed E-state index contributed by atoms with van der Waals surface area (Å²) in [6, 6.07) is 63.4. The van der Waals surface area contributed by atoms with Crippen molar-refractivity contribution < 1.29 is 0 Å². The fraction of sp³-hybridized carbons (Fsp3) is 0. The Morgan fingerprint density at radius 3 is 1.53 bits per heavy atom. The third-order valence-electron chi connectivity index (χ3n) is 8.43. The molecule has 8 rings (SSSR count).